The van der Waals surface area contributed by atoms with Crippen LogP contribution in [0, 0.1) is 0 Å². The summed E-state index contributed by atoms with van der Waals surface area (Å²) in [4.78, 5) is 1.02. The number of hydrogen-bond acceptors (Lipinski definition) is 2. The molecule has 2 N–H and O–H groups in total. The zero-order valence-corrected chi connectivity index (χ0v) is 9.46. The van der Waals surface area contributed by atoms with Crippen LogP contribution >= 0.6 is 34.5 Å². The minimum Gasteiger partial charge on any atom is -0.398 e. The lowest BCUT2D eigenvalue weighted by molar-refractivity contribution is 1.67. The van der Waals surface area contributed by atoms with Gasteiger partial charge in [0.15, 0.2) is 0 Å². The van der Waals surface area contributed by atoms with Crippen LogP contribution in [0.4, 0.5) is 5.69 Å². The van der Waals surface area contributed by atoms with Gasteiger partial charge < -0.3 is 5.73 Å². The van der Waals surface area contributed by atoms with Crippen molar-refractivity contribution in [1.29, 1.82) is 0 Å². The molecule has 0 amide bonds. The number of rotatable bonds is 1. The predicted molar refractivity (Wildman–Crippen MR) is 64.2 cm³/mol. The molecule has 1 nitrogen and oxygen atoms in total. The Kier molecular flexibility index (Phi) is 2.68. The average Bonchev–Trinajstić information content (AvgIpc) is 2.57. The molecule has 0 saturated carbocycles. The lowest BCUT2D eigenvalue weighted by Gasteiger charge is -2.02. The third-order valence-electron chi connectivity index (χ3n) is 1.88. The van der Waals surface area contributed by atoms with Crippen LogP contribution in [0.15, 0.2) is 29.6 Å². The van der Waals surface area contributed by atoms with E-state index in [0.717, 1.165) is 15.5 Å². The third kappa shape index (κ3) is 1.73. The highest BCUT2D eigenvalue weighted by molar-refractivity contribution is 7.14. The molecular formula is C10H7Cl2NS. The van der Waals surface area contributed by atoms with Crippen LogP contribution < -0.4 is 5.73 Å². The Balaban J connectivity index is 2.53. The van der Waals surface area contributed by atoms with Gasteiger partial charge in [-0.1, -0.05) is 29.3 Å². The number of nitrogens with two attached hydrogens (primary N) is 1. The van der Waals surface area contributed by atoms with Crippen molar-refractivity contribution in [3.8, 4) is 10.4 Å². The molecule has 14 heavy (non-hydrogen) atoms. The van der Waals surface area contributed by atoms with Gasteiger partial charge in [-0.2, -0.15) is 0 Å². The van der Waals surface area contributed by atoms with Crippen molar-refractivity contribution in [3.05, 3.63) is 39.7 Å². The van der Waals surface area contributed by atoms with Crippen molar-refractivity contribution in [3.63, 3.8) is 0 Å². The van der Waals surface area contributed by atoms with Crippen LogP contribution in [0.1, 0.15) is 0 Å². The van der Waals surface area contributed by atoms with E-state index in [2.05, 4.69) is 0 Å². The highest BCUT2D eigenvalue weighted by Crippen LogP contribution is 2.35. The van der Waals surface area contributed by atoms with Crippen molar-refractivity contribution in [1.82, 2.24) is 0 Å². The van der Waals surface area contributed by atoms with E-state index in [1.165, 1.54) is 0 Å². The molecule has 0 aliphatic rings. The lowest BCUT2D eigenvalue weighted by atomic mass is 10.2. The van der Waals surface area contributed by atoms with Crippen LogP contribution in [0.2, 0.25) is 10.0 Å². The first-order valence-electron chi connectivity index (χ1n) is 3.97. The van der Waals surface area contributed by atoms with Gasteiger partial charge >= 0.3 is 0 Å². The molecule has 0 aliphatic carbocycles. The molecule has 1 aromatic carbocycles. The molecular weight excluding hydrogens is 237 g/mol. The molecule has 0 fully saturated rings. The third-order valence-corrected chi connectivity index (χ3v) is 3.61. The Morgan fingerprint density at radius 1 is 1.07 bits per heavy atom. The molecule has 4 heteroatoms. The first kappa shape index (κ1) is 9.84. The summed E-state index contributed by atoms with van der Waals surface area (Å²) in [6.07, 6.45) is 0. The van der Waals surface area contributed by atoms with E-state index < -0.39 is 0 Å². The number of benzene rings is 1. The highest BCUT2D eigenvalue weighted by Gasteiger charge is 2.06. The highest BCUT2D eigenvalue weighted by atomic mass is 35.5. The first-order valence-corrected chi connectivity index (χ1v) is 5.60. The molecule has 0 spiro atoms. The summed E-state index contributed by atoms with van der Waals surface area (Å²) in [6.45, 7) is 0. The molecule has 0 bridgehead atoms. The summed E-state index contributed by atoms with van der Waals surface area (Å²) in [7, 11) is 0. The summed E-state index contributed by atoms with van der Waals surface area (Å²) in [5.74, 6) is 0. The van der Waals surface area contributed by atoms with E-state index in [1.807, 2.05) is 23.6 Å². The van der Waals surface area contributed by atoms with E-state index in [9.17, 15) is 0 Å². The van der Waals surface area contributed by atoms with Crippen LogP contribution in [-0.4, -0.2) is 0 Å². The number of nitrogen functional groups attached to an aromatic ring is 1. The number of thiophene rings is 1. The second-order valence-corrected chi connectivity index (χ2v) is 4.56. The van der Waals surface area contributed by atoms with E-state index >= 15 is 0 Å². The Labute approximate surface area is 96.1 Å². The summed E-state index contributed by atoms with van der Waals surface area (Å²) in [5.41, 5.74) is 7.29. The number of hydrogen-bond donors (Lipinski definition) is 1. The second-order valence-electron chi connectivity index (χ2n) is 2.83. The van der Waals surface area contributed by atoms with Gasteiger partial charge in [0.25, 0.3) is 0 Å². The molecule has 1 aromatic heterocycles. The zero-order chi connectivity index (χ0) is 10.1. The maximum Gasteiger partial charge on any atom is 0.0635 e. The monoisotopic (exact) mass is 243 g/mol. The van der Waals surface area contributed by atoms with Gasteiger partial charge in [-0.15, -0.1) is 11.3 Å². The number of halogens is 2. The Morgan fingerprint density at radius 3 is 2.43 bits per heavy atom. The number of anilines is 1. The molecule has 0 saturated heterocycles. The van der Waals surface area contributed by atoms with Gasteiger partial charge in [0.2, 0.25) is 0 Å². The molecule has 0 radical (unpaired) electrons. The topological polar surface area (TPSA) is 26.0 Å². The Bertz CT molecular complexity index is 465. The van der Waals surface area contributed by atoms with Crippen molar-refractivity contribution >= 4 is 40.2 Å². The summed E-state index contributed by atoms with van der Waals surface area (Å²) >= 11 is 13.4. The fourth-order valence-corrected chi connectivity index (χ4v) is 2.47. The Hall–Kier alpha value is -0.700. The van der Waals surface area contributed by atoms with Crippen molar-refractivity contribution < 1.29 is 0 Å². The van der Waals surface area contributed by atoms with E-state index in [-0.39, 0.29) is 0 Å². The average molecular weight is 244 g/mol. The molecule has 1 heterocycles. The summed E-state index contributed by atoms with van der Waals surface area (Å²) < 4.78 is 0. The smallest absolute Gasteiger partial charge is 0.0635 e. The SMILES string of the molecule is Nc1cc(-c2sccc2Cl)ccc1Cl. The quantitative estimate of drug-likeness (QED) is 0.743. The molecule has 0 atom stereocenters. The fourth-order valence-electron chi connectivity index (χ4n) is 1.18. The largest absolute Gasteiger partial charge is 0.398 e. The van der Waals surface area contributed by atoms with Gasteiger partial charge in [0.1, 0.15) is 0 Å². The van der Waals surface area contributed by atoms with Gasteiger partial charge in [0, 0.05) is 0 Å². The first-order chi connectivity index (χ1) is 6.68. The van der Waals surface area contributed by atoms with Gasteiger partial charge in [0.05, 0.1) is 20.6 Å². The van der Waals surface area contributed by atoms with E-state index in [0.29, 0.717) is 10.7 Å². The van der Waals surface area contributed by atoms with Gasteiger partial charge in [-0.05, 0) is 29.1 Å². The molecule has 2 rings (SSSR count). The minimum atomic E-state index is 0.571. The zero-order valence-electron chi connectivity index (χ0n) is 7.13. The van der Waals surface area contributed by atoms with Gasteiger partial charge in [-0.3, -0.25) is 0 Å². The maximum absolute atomic E-state index is 6.00. The van der Waals surface area contributed by atoms with Crippen molar-refractivity contribution in [2.75, 3.05) is 5.73 Å². The van der Waals surface area contributed by atoms with E-state index in [4.69, 9.17) is 28.9 Å². The lowest BCUT2D eigenvalue weighted by Crippen LogP contribution is -1.86. The maximum atomic E-state index is 6.00. The van der Waals surface area contributed by atoms with Crippen molar-refractivity contribution in [2.45, 2.75) is 0 Å². The summed E-state index contributed by atoms with van der Waals surface area (Å²) in [5, 5.41) is 3.26. The van der Waals surface area contributed by atoms with E-state index in [1.54, 1.807) is 17.4 Å². The molecule has 0 unspecified atom stereocenters. The molecule has 72 valence electrons. The molecule has 0 aliphatic heterocycles. The summed E-state index contributed by atoms with van der Waals surface area (Å²) in [6, 6.07) is 7.39. The van der Waals surface area contributed by atoms with Crippen molar-refractivity contribution in [2.24, 2.45) is 0 Å². The standard InChI is InChI=1S/C10H7Cl2NS/c11-7-2-1-6(5-9(7)13)10-8(12)3-4-14-10/h1-5H,13H2. The molecule has 2 aromatic rings. The van der Waals surface area contributed by atoms with Crippen LogP contribution in [0.3, 0.4) is 0 Å². The minimum absolute atomic E-state index is 0.571. The predicted octanol–water partition coefficient (Wildman–Crippen LogP) is 4.30. The van der Waals surface area contributed by atoms with Crippen LogP contribution in [0.25, 0.3) is 10.4 Å². The second kappa shape index (κ2) is 3.81. The Morgan fingerprint density at radius 2 is 1.86 bits per heavy atom. The fraction of sp³-hybridized carbons (Fsp3) is 0. The normalized spacial score (nSPS) is 10.4. The van der Waals surface area contributed by atoms with Gasteiger partial charge in [-0.25, -0.2) is 0 Å². The van der Waals surface area contributed by atoms with Crippen LogP contribution in [0.5, 0.6) is 0 Å². The van der Waals surface area contributed by atoms with Crippen LogP contribution in [-0.2, 0) is 0 Å².